The molecule has 4 heteroatoms. The molecule has 1 aromatic carbocycles. The summed E-state index contributed by atoms with van der Waals surface area (Å²) in [6, 6.07) is 6.57. The maximum Gasteiger partial charge on any atom is 0.122 e. The van der Waals surface area contributed by atoms with E-state index in [1.54, 1.807) is 7.11 Å². The summed E-state index contributed by atoms with van der Waals surface area (Å²) in [5.74, 6) is 1.01. The number of piperazine rings is 1. The molecule has 1 saturated heterocycles. The molecule has 3 rings (SSSR count). The number of nitrogens with zero attached hydrogens (tertiary/aromatic N) is 2. The quantitative estimate of drug-likeness (QED) is 0.918. The van der Waals surface area contributed by atoms with E-state index >= 15 is 0 Å². The van der Waals surface area contributed by atoms with E-state index in [1.165, 1.54) is 16.5 Å². The van der Waals surface area contributed by atoms with Crippen molar-refractivity contribution in [3.8, 4) is 5.75 Å². The Bertz CT molecular complexity index is 585. The van der Waals surface area contributed by atoms with Gasteiger partial charge >= 0.3 is 0 Å². The van der Waals surface area contributed by atoms with Gasteiger partial charge in [0.15, 0.2) is 0 Å². The molecule has 1 aliphatic rings. The maximum absolute atomic E-state index is 5.56. The topological polar surface area (TPSA) is 29.4 Å². The number of benzene rings is 1. The Morgan fingerprint density at radius 3 is 2.80 bits per heavy atom. The summed E-state index contributed by atoms with van der Waals surface area (Å²) in [4.78, 5) is 2.52. The molecule has 0 atom stereocenters. The highest BCUT2D eigenvalue weighted by Gasteiger charge is 2.12. The monoisotopic (exact) mass is 273 g/mol. The Morgan fingerprint density at radius 1 is 1.25 bits per heavy atom. The van der Waals surface area contributed by atoms with Crippen LogP contribution in [0.15, 0.2) is 24.4 Å². The molecular weight excluding hydrogens is 250 g/mol. The van der Waals surface area contributed by atoms with E-state index in [0.29, 0.717) is 0 Å². The van der Waals surface area contributed by atoms with Crippen LogP contribution in [0.2, 0.25) is 0 Å². The van der Waals surface area contributed by atoms with Gasteiger partial charge in [-0.2, -0.15) is 0 Å². The first-order valence-electron chi connectivity index (χ1n) is 7.33. The molecule has 0 radical (unpaired) electrons. The number of hydrogen-bond acceptors (Lipinski definition) is 3. The normalized spacial score (nSPS) is 16.7. The molecule has 0 saturated carbocycles. The summed E-state index contributed by atoms with van der Waals surface area (Å²) >= 11 is 0. The summed E-state index contributed by atoms with van der Waals surface area (Å²) in [6.45, 7) is 5.61. The van der Waals surface area contributed by atoms with E-state index in [4.69, 9.17) is 4.74 Å². The van der Waals surface area contributed by atoms with Crippen molar-refractivity contribution in [2.24, 2.45) is 7.05 Å². The van der Waals surface area contributed by atoms with Crippen molar-refractivity contribution in [2.45, 2.75) is 6.42 Å². The van der Waals surface area contributed by atoms with Gasteiger partial charge in [-0.1, -0.05) is 0 Å². The molecule has 0 aliphatic carbocycles. The largest absolute Gasteiger partial charge is 0.496 e. The summed E-state index contributed by atoms with van der Waals surface area (Å²) in [7, 11) is 3.85. The molecule has 0 amide bonds. The first kappa shape index (κ1) is 13.5. The van der Waals surface area contributed by atoms with Crippen LogP contribution in [0.1, 0.15) is 5.56 Å². The lowest BCUT2D eigenvalue weighted by Crippen LogP contribution is -2.44. The highest BCUT2D eigenvalue weighted by Crippen LogP contribution is 2.27. The lowest BCUT2D eigenvalue weighted by Gasteiger charge is -2.27. The van der Waals surface area contributed by atoms with Crippen molar-refractivity contribution in [1.82, 2.24) is 14.8 Å². The second-order valence-electron chi connectivity index (χ2n) is 5.49. The van der Waals surface area contributed by atoms with Gasteiger partial charge in [0.1, 0.15) is 5.75 Å². The lowest BCUT2D eigenvalue weighted by atomic mass is 10.1. The molecule has 0 unspecified atom stereocenters. The van der Waals surface area contributed by atoms with Gasteiger partial charge in [0.2, 0.25) is 0 Å². The molecule has 1 N–H and O–H groups in total. The second kappa shape index (κ2) is 5.85. The molecule has 0 bridgehead atoms. The third-order valence-corrected chi connectivity index (χ3v) is 4.19. The van der Waals surface area contributed by atoms with Crippen molar-refractivity contribution < 1.29 is 4.74 Å². The van der Waals surface area contributed by atoms with Crippen LogP contribution >= 0.6 is 0 Å². The van der Waals surface area contributed by atoms with E-state index in [2.05, 4.69) is 46.2 Å². The summed E-state index contributed by atoms with van der Waals surface area (Å²) < 4.78 is 7.73. The van der Waals surface area contributed by atoms with Crippen LogP contribution in [-0.4, -0.2) is 49.3 Å². The van der Waals surface area contributed by atoms with Crippen LogP contribution in [0, 0.1) is 0 Å². The number of methoxy groups -OCH3 is 1. The average Bonchev–Trinajstić information content (AvgIpc) is 2.86. The average molecular weight is 273 g/mol. The molecule has 1 aliphatic heterocycles. The summed E-state index contributed by atoms with van der Waals surface area (Å²) in [6.07, 6.45) is 3.15. The molecular formula is C16H23N3O. The zero-order valence-electron chi connectivity index (χ0n) is 12.4. The number of aromatic nitrogens is 1. The van der Waals surface area contributed by atoms with Gasteiger partial charge in [0.25, 0.3) is 0 Å². The molecule has 0 spiro atoms. The first-order valence-corrected chi connectivity index (χ1v) is 7.33. The maximum atomic E-state index is 5.56. The van der Waals surface area contributed by atoms with Gasteiger partial charge in [-0.3, -0.25) is 0 Å². The summed E-state index contributed by atoms with van der Waals surface area (Å²) in [5.41, 5.74) is 2.58. The Balaban J connectivity index is 1.79. The highest BCUT2D eigenvalue weighted by atomic mass is 16.5. The minimum absolute atomic E-state index is 1.01. The van der Waals surface area contributed by atoms with Gasteiger partial charge in [-0.05, 0) is 30.2 Å². The minimum Gasteiger partial charge on any atom is -0.496 e. The van der Waals surface area contributed by atoms with Gasteiger partial charge in [0, 0.05) is 56.9 Å². The molecule has 4 nitrogen and oxygen atoms in total. The van der Waals surface area contributed by atoms with E-state index in [-0.39, 0.29) is 0 Å². The third-order valence-electron chi connectivity index (χ3n) is 4.19. The number of aryl methyl sites for hydroxylation is 1. The molecule has 108 valence electrons. The molecule has 1 fully saturated rings. The van der Waals surface area contributed by atoms with Crippen LogP contribution < -0.4 is 10.1 Å². The molecule has 2 aromatic rings. The summed E-state index contributed by atoms with van der Waals surface area (Å²) in [5, 5.41) is 4.64. The van der Waals surface area contributed by atoms with E-state index < -0.39 is 0 Å². The number of nitrogens with one attached hydrogen (secondary N) is 1. The minimum atomic E-state index is 1.01. The second-order valence-corrected chi connectivity index (χ2v) is 5.49. The Morgan fingerprint density at radius 2 is 2.05 bits per heavy atom. The predicted octanol–water partition coefficient (Wildman–Crippen LogP) is 1.63. The van der Waals surface area contributed by atoms with Crippen LogP contribution in [0.25, 0.3) is 10.9 Å². The number of fused-ring (bicyclic) bond motifs is 1. The Labute approximate surface area is 120 Å². The SMILES string of the molecule is COc1cc2ccn(C)c2cc1CCN1CCNCC1. The standard InChI is InChI=1S/C16H23N3O/c1-18-7-3-13-12-16(20-2)14(11-15(13)18)4-8-19-9-5-17-6-10-19/h3,7,11-12,17H,4-6,8-10H2,1-2H3. The van der Waals surface area contributed by atoms with Gasteiger partial charge in [-0.15, -0.1) is 0 Å². The van der Waals surface area contributed by atoms with Crippen LogP contribution in [0.3, 0.4) is 0 Å². The van der Waals surface area contributed by atoms with E-state index in [0.717, 1.165) is 44.9 Å². The third kappa shape index (κ3) is 2.67. The van der Waals surface area contributed by atoms with Crippen molar-refractivity contribution in [3.63, 3.8) is 0 Å². The van der Waals surface area contributed by atoms with Gasteiger partial charge in [0.05, 0.1) is 7.11 Å². The Hall–Kier alpha value is -1.52. The van der Waals surface area contributed by atoms with Crippen LogP contribution in [0.5, 0.6) is 5.75 Å². The number of hydrogen-bond donors (Lipinski definition) is 1. The highest BCUT2D eigenvalue weighted by molar-refractivity contribution is 5.82. The molecule has 1 aromatic heterocycles. The van der Waals surface area contributed by atoms with Crippen molar-refractivity contribution >= 4 is 10.9 Å². The fraction of sp³-hybridized carbons (Fsp3) is 0.500. The zero-order chi connectivity index (χ0) is 13.9. The number of ether oxygens (including phenoxy) is 1. The van der Waals surface area contributed by atoms with Crippen LogP contribution in [-0.2, 0) is 13.5 Å². The van der Waals surface area contributed by atoms with Crippen molar-refractivity contribution in [1.29, 1.82) is 0 Å². The van der Waals surface area contributed by atoms with Gasteiger partial charge < -0.3 is 19.5 Å². The van der Waals surface area contributed by atoms with Crippen LogP contribution in [0.4, 0.5) is 0 Å². The van der Waals surface area contributed by atoms with Crippen molar-refractivity contribution in [3.05, 3.63) is 30.0 Å². The van der Waals surface area contributed by atoms with E-state index in [9.17, 15) is 0 Å². The smallest absolute Gasteiger partial charge is 0.122 e. The predicted molar refractivity (Wildman–Crippen MR) is 82.5 cm³/mol. The Kier molecular flexibility index (Phi) is 3.94. The van der Waals surface area contributed by atoms with Gasteiger partial charge in [-0.25, -0.2) is 0 Å². The van der Waals surface area contributed by atoms with Crippen molar-refractivity contribution in [2.75, 3.05) is 39.8 Å². The molecule has 2 heterocycles. The molecule has 20 heavy (non-hydrogen) atoms. The fourth-order valence-corrected chi connectivity index (χ4v) is 2.94. The number of rotatable bonds is 4. The lowest BCUT2D eigenvalue weighted by molar-refractivity contribution is 0.243. The van der Waals surface area contributed by atoms with E-state index in [1.807, 2.05) is 0 Å². The first-order chi connectivity index (χ1) is 9.78. The zero-order valence-corrected chi connectivity index (χ0v) is 12.4. The fourth-order valence-electron chi connectivity index (χ4n) is 2.94.